The smallest absolute Gasteiger partial charge is 0.249 e. The molecule has 1 unspecified atom stereocenters. The molecule has 1 heterocycles. The lowest BCUT2D eigenvalue weighted by atomic mass is 10.1. The van der Waals surface area contributed by atoms with Crippen LogP contribution in [-0.4, -0.2) is 20.2 Å². The van der Waals surface area contributed by atoms with E-state index in [2.05, 4.69) is 5.10 Å². The molecule has 0 amide bonds. The van der Waals surface area contributed by atoms with Crippen LogP contribution in [0.15, 0.2) is 65.6 Å². The van der Waals surface area contributed by atoms with Gasteiger partial charge in [0.25, 0.3) is 0 Å². The van der Waals surface area contributed by atoms with E-state index >= 15 is 0 Å². The van der Waals surface area contributed by atoms with Crippen LogP contribution in [0.2, 0.25) is 0 Å². The molecule has 0 aliphatic rings. The quantitative estimate of drug-likeness (QED) is 0.738. The van der Waals surface area contributed by atoms with Crippen LogP contribution in [-0.2, 0) is 15.9 Å². The monoisotopic (exact) mass is 365 g/mol. The molecule has 0 bridgehead atoms. The van der Waals surface area contributed by atoms with E-state index in [4.69, 9.17) is 4.78 Å². The molecule has 1 aromatic heterocycles. The van der Waals surface area contributed by atoms with Crippen LogP contribution in [0.4, 0.5) is 13.2 Å². The van der Waals surface area contributed by atoms with E-state index in [1.807, 2.05) is 0 Å². The summed E-state index contributed by atoms with van der Waals surface area (Å²) in [5.74, 6) is 0. The zero-order valence-electron chi connectivity index (χ0n) is 13.1. The minimum atomic E-state index is -4.56. The molecule has 0 saturated carbocycles. The summed E-state index contributed by atoms with van der Waals surface area (Å²) >= 11 is 0. The number of hydrogen-bond donors (Lipinski definition) is 1. The summed E-state index contributed by atoms with van der Waals surface area (Å²) in [6.45, 7) is 0. The van der Waals surface area contributed by atoms with Crippen molar-refractivity contribution in [1.82, 2.24) is 9.78 Å². The normalized spacial score (nSPS) is 14.2. The fourth-order valence-electron chi connectivity index (χ4n) is 2.38. The van der Waals surface area contributed by atoms with Gasteiger partial charge in [0.1, 0.15) is 0 Å². The predicted molar refractivity (Wildman–Crippen MR) is 89.1 cm³/mol. The number of aromatic nitrogens is 2. The number of hydrogen-bond acceptors (Lipinski definition) is 3. The number of nitrogens with one attached hydrogen (secondary N) is 1. The van der Waals surface area contributed by atoms with Crippen molar-refractivity contribution in [3.8, 4) is 16.9 Å². The number of benzene rings is 2. The molecule has 0 saturated heterocycles. The molecule has 25 heavy (non-hydrogen) atoms. The highest BCUT2D eigenvalue weighted by atomic mass is 32.2. The minimum absolute atomic E-state index is 0.262. The lowest BCUT2D eigenvalue weighted by molar-refractivity contribution is -0.141. The van der Waals surface area contributed by atoms with Crippen LogP contribution in [0.1, 0.15) is 5.69 Å². The Morgan fingerprint density at radius 1 is 1.04 bits per heavy atom. The van der Waals surface area contributed by atoms with Crippen LogP contribution in [0, 0.1) is 4.78 Å². The Bertz CT molecular complexity index is 992. The Balaban J connectivity index is 2.16. The van der Waals surface area contributed by atoms with Crippen molar-refractivity contribution < 1.29 is 17.4 Å². The third kappa shape index (κ3) is 3.58. The van der Waals surface area contributed by atoms with Gasteiger partial charge in [0.05, 0.1) is 21.1 Å². The van der Waals surface area contributed by atoms with Crippen LogP contribution in [0.25, 0.3) is 16.9 Å². The molecule has 1 atom stereocenters. The molecule has 0 fully saturated rings. The highest BCUT2D eigenvalue weighted by molar-refractivity contribution is 7.91. The highest BCUT2D eigenvalue weighted by Crippen LogP contribution is 2.33. The largest absolute Gasteiger partial charge is 0.435 e. The molecule has 3 rings (SSSR count). The first kappa shape index (κ1) is 17.2. The molecular weight excluding hydrogens is 351 g/mol. The molecule has 2 aromatic carbocycles. The van der Waals surface area contributed by atoms with Crippen molar-refractivity contribution in [1.29, 1.82) is 4.78 Å². The summed E-state index contributed by atoms with van der Waals surface area (Å²) in [6.07, 6.45) is -3.27. The van der Waals surface area contributed by atoms with Gasteiger partial charge in [-0.15, -0.1) is 0 Å². The number of para-hydroxylation sites is 1. The maximum absolute atomic E-state index is 13.1. The average molecular weight is 365 g/mol. The van der Waals surface area contributed by atoms with Gasteiger partial charge in [0.15, 0.2) is 5.69 Å². The number of rotatable bonds is 3. The van der Waals surface area contributed by atoms with Gasteiger partial charge in [0.2, 0.25) is 0 Å². The molecule has 1 N–H and O–H groups in total. The molecular formula is C17H14F3N3OS. The van der Waals surface area contributed by atoms with Gasteiger partial charge >= 0.3 is 6.18 Å². The van der Waals surface area contributed by atoms with Crippen LogP contribution >= 0.6 is 0 Å². The second-order valence-electron chi connectivity index (χ2n) is 5.53. The maximum atomic E-state index is 13.1. The Morgan fingerprint density at radius 3 is 2.16 bits per heavy atom. The first-order valence-electron chi connectivity index (χ1n) is 7.23. The van der Waals surface area contributed by atoms with Crippen molar-refractivity contribution >= 4 is 9.73 Å². The van der Waals surface area contributed by atoms with E-state index in [1.165, 1.54) is 23.1 Å². The molecule has 0 radical (unpaired) electrons. The van der Waals surface area contributed by atoms with Gasteiger partial charge in [-0.2, -0.15) is 18.3 Å². The molecule has 0 aliphatic heterocycles. The van der Waals surface area contributed by atoms with Crippen molar-refractivity contribution in [3.05, 3.63) is 66.4 Å². The van der Waals surface area contributed by atoms with E-state index < -0.39 is 21.6 Å². The number of nitrogens with zero attached hydrogens (tertiary/aromatic N) is 2. The third-order valence-electron chi connectivity index (χ3n) is 3.60. The Labute approximate surface area is 142 Å². The van der Waals surface area contributed by atoms with Gasteiger partial charge in [0, 0.05) is 16.7 Å². The Hall–Kier alpha value is -2.61. The molecule has 0 aliphatic carbocycles. The van der Waals surface area contributed by atoms with E-state index in [-0.39, 0.29) is 5.69 Å². The summed E-state index contributed by atoms with van der Waals surface area (Å²) < 4.78 is 59.8. The van der Waals surface area contributed by atoms with Gasteiger partial charge in [-0.25, -0.2) is 13.7 Å². The Morgan fingerprint density at radius 2 is 1.64 bits per heavy atom. The average Bonchev–Trinajstić information content (AvgIpc) is 3.00. The summed E-state index contributed by atoms with van der Waals surface area (Å²) in [5.41, 5.74) is 0.254. The van der Waals surface area contributed by atoms with Crippen LogP contribution < -0.4 is 0 Å². The first-order valence-corrected chi connectivity index (χ1v) is 9.20. The fraction of sp³-hybridized carbons (Fsp3) is 0.118. The predicted octanol–water partition coefficient (Wildman–Crippen LogP) is 4.59. The first-order chi connectivity index (χ1) is 11.7. The molecule has 0 spiro atoms. The lowest BCUT2D eigenvalue weighted by Crippen LogP contribution is -2.07. The topological polar surface area (TPSA) is 58.7 Å². The summed E-state index contributed by atoms with van der Waals surface area (Å²) in [4.78, 5) is 0.318. The van der Waals surface area contributed by atoms with E-state index in [0.29, 0.717) is 16.1 Å². The number of alkyl halides is 3. The van der Waals surface area contributed by atoms with Gasteiger partial charge in [-0.1, -0.05) is 30.3 Å². The van der Waals surface area contributed by atoms with Gasteiger partial charge < -0.3 is 0 Å². The van der Waals surface area contributed by atoms with E-state index in [9.17, 15) is 17.4 Å². The maximum Gasteiger partial charge on any atom is 0.435 e. The summed E-state index contributed by atoms with van der Waals surface area (Å²) in [6, 6.07) is 15.5. The fourth-order valence-corrected chi connectivity index (χ4v) is 3.03. The van der Waals surface area contributed by atoms with Crippen LogP contribution in [0.5, 0.6) is 0 Å². The second kappa shape index (κ2) is 6.03. The SMILES string of the molecule is CS(=N)(=O)c1ccc(-c2cc(C(F)(F)F)nn2-c2ccccc2)cc1. The summed E-state index contributed by atoms with van der Waals surface area (Å²) in [7, 11) is -2.88. The third-order valence-corrected chi connectivity index (χ3v) is 4.77. The zero-order valence-corrected chi connectivity index (χ0v) is 13.9. The molecule has 8 heteroatoms. The number of halogens is 3. The Kier molecular flexibility index (Phi) is 4.16. The van der Waals surface area contributed by atoms with Crippen molar-refractivity contribution in [3.63, 3.8) is 0 Å². The van der Waals surface area contributed by atoms with Crippen LogP contribution in [0.3, 0.4) is 0 Å². The van der Waals surface area contributed by atoms with Crippen molar-refractivity contribution in [2.45, 2.75) is 11.1 Å². The lowest BCUT2D eigenvalue weighted by Gasteiger charge is -2.08. The van der Waals surface area contributed by atoms with Crippen molar-refractivity contribution in [2.24, 2.45) is 0 Å². The van der Waals surface area contributed by atoms with Crippen molar-refractivity contribution in [2.75, 3.05) is 6.26 Å². The van der Waals surface area contributed by atoms with E-state index in [0.717, 1.165) is 6.07 Å². The standard InChI is InChI=1S/C17H14F3N3OS/c1-25(21,24)14-9-7-12(8-10-14)15-11-16(17(18,19)20)22-23(15)13-5-3-2-4-6-13/h2-11,21H,1H3. The highest BCUT2D eigenvalue weighted by Gasteiger charge is 2.35. The minimum Gasteiger partial charge on any atom is -0.249 e. The van der Waals surface area contributed by atoms with Gasteiger partial charge in [-0.3, -0.25) is 0 Å². The zero-order chi connectivity index (χ0) is 18.2. The molecule has 3 aromatic rings. The second-order valence-corrected chi connectivity index (χ2v) is 7.69. The molecule has 4 nitrogen and oxygen atoms in total. The summed E-state index contributed by atoms with van der Waals surface area (Å²) in [5, 5.41) is 3.70. The van der Waals surface area contributed by atoms with Gasteiger partial charge in [-0.05, 0) is 30.3 Å². The molecule has 130 valence electrons. The van der Waals surface area contributed by atoms with E-state index in [1.54, 1.807) is 42.5 Å².